The number of hydrogen-bond acceptors (Lipinski definition) is 3. The molecular weight excluding hydrogens is 372 g/mol. The van der Waals surface area contributed by atoms with Gasteiger partial charge in [-0.3, -0.25) is 0 Å². The molecule has 170 valence electrons. The molecule has 0 unspecified atom stereocenters. The van der Waals surface area contributed by atoms with Crippen LogP contribution in [0.25, 0.3) is 0 Å². The SMILES string of the molecule is C[C@H](CC[C@H](O)C(C)(C)O)[C@H]1CC[C@H]2[C@@H]3C=CC4=C[C@@H](O)CC[C@]4(C)[C@H]3CC[C@]12C. The molecule has 3 N–H and O–H groups in total. The van der Waals surface area contributed by atoms with Crippen molar-refractivity contribution in [3.63, 3.8) is 0 Å². The summed E-state index contributed by atoms with van der Waals surface area (Å²) < 4.78 is 0. The van der Waals surface area contributed by atoms with Crippen molar-refractivity contribution in [2.24, 2.45) is 40.4 Å². The number of hydrogen-bond donors (Lipinski definition) is 3. The van der Waals surface area contributed by atoms with E-state index in [4.69, 9.17) is 0 Å². The van der Waals surface area contributed by atoms with Crippen molar-refractivity contribution in [2.75, 3.05) is 0 Å². The fourth-order valence-corrected chi connectivity index (χ4v) is 8.09. The van der Waals surface area contributed by atoms with Crippen LogP contribution in [-0.4, -0.2) is 33.1 Å². The maximum atomic E-state index is 10.3. The third kappa shape index (κ3) is 3.63. The molecule has 9 atom stereocenters. The predicted molar refractivity (Wildman–Crippen MR) is 122 cm³/mol. The molecule has 4 rings (SSSR count). The first kappa shape index (κ1) is 22.6. The van der Waals surface area contributed by atoms with Gasteiger partial charge < -0.3 is 15.3 Å². The Hall–Kier alpha value is -0.640. The quantitative estimate of drug-likeness (QED) is 0.573. The Bertz CT molecular complexity index is 703. The van der Waals surface area contributed by atoms with Crippen LogP contribution >= 0.6 is 0 Å². The van der Waals surface area contributed by atoms with E-state index < -0.39 is 11.7 Å². The highest BCUT2D eigenvalue weighted by Crippen LogP contribution is 2.66. The number of aliphatic hydroxyl groups excluding tert-OH is 2. The highest BCUT2D eigenvalue weighted by Gasteiger charge is 2.58. The van der Waals surface area contributed by atoms with Crippen LogP contribution < -0.4 is 0 Å². The van der Waals surface area contributed by atoms with Crippen LogP contribution in [0.1, 0.15) is 86.0 Å². The molecule has 3 heteroatoms. The third-order valence-electron chi connectivity index (χ3n) is 10.1. The lowest BCUT2D eigenvalue weighted by Gasteiger charge is -2.57. The highest BCUT2D eigenvalue weighted by atomic mass is 16.3. The molecule has 0 bridgehead atoms. The Balaban J connectivity index is 1.50. The normalized spacial score (nSPS) is 45.2. The third-order valence-corrected chi connectivity index (χ3v) is 10.1. The molecule has 3 nitrogen and oxygen atoms in total. The first-order chi connectivity index (χ1) is 14.0. The summed E-state index contributed by atoms with van der Waals surface area (Å²) in [7, 11) is 0. The zero-order valence-corrected chi connectivity index (χ0v) is 19.8. The van der Waals surface area contributed by atoms with Crippen molar-refractivity contribution in [1.82, 2.24) is 0 Å². The maximum Gasteiger partial charge on any atom is 0.0849 e. The average Bonchev–Trinajstić information content (AvgIpc) is 3.03. The molecule has 0 spiro atoms. The van der Waals surface area contributed by atoms with Gasteiger partial charge in [-0.25, -0.2) is 0 Å². The molecule has 2 saturated carbocycles. The molecule has 0 saturated heterocycles. The predicted octanol–water partition coefficient (Wildman–Crippen LogP) is 5.25. The topological polar surface area (TPSA) is 60.7 Å². The van der Waals surface area contributed by atoms with Crippen LogP contribution in [0.3, 0.4) is 0 Å². The summed E-state index contributed by atoms with van der Waals surface area (Å²) in [5.74, 6) is 3.43. The number of allylic oxidation sites excluding steroid dienone is 3. The molecule has 0 aromatic rings. The monoisotopic (exact) mass is 416 g/mol. The first-order valence-electron chi connectivity index (χ1n) is 12.5. The Morgan fingerprint density at radius 1 is 1.07 bits per heavy atom. The van der Waals surface area contributed by atoms with Crippen LogP contribution in [-0.2, 0) is 0 Å². The van der Waals surface area contributed by atoms with Crippen LogP contribution in [0.2, 0.25) is 0 Å². The standard InChI is InChI=1S/C27H44O3/c1-17(6-11-24(29)25(2,3)30)21-9-10-22-20-8-7-18-16-19(28)12-14-26(18,4)23(20)13-15-27(21,22)5/h7-8,16-17,19-24,28-30H,6,9-15H2,1-5H3/t17-,19+,20+,21-,22+,23+,24+,26+,27-/m1/s1. The Labute approximate surface area is 183 Å². The fourth-order valence-electron chi connectivity index (χ4n) is 8.09. The lowest BCUT2D eigenvalue weighted by molar-refractivity contribution is -0.0585. The van der Waals surface area contributed by atoms with Gasteiger partial charge in [-0.05, 0) is 111 Å². The van der Waals surface area contributed by atoms with Gasteiger partial charge in [-0.1, -0.05) is 39.0 Å². The minimum atomic E-state index is -1.01. The van der Waals surface area contributed by atoms with Gasteiger partial charge in [0.1, 0.15) is 0 Å². The minimum absolute atomic E-state index is 0.237. The van der Waals surface area contributed by atoms with Gasteiger partial charge in [0.05, 0.1) is 17.8 Å². The zero-order chi connectivity index (χ0) is 21.9. The van der Waals surface area contributed by atoms with Crippen LogP contribution in [0.4, 0.5) is 0 Å². The molecule has 0 aromatic carbocycles. The van der Waals surface area contributed by atoms with E-state index in [0.717, 1.165) is 25.2 Å². The molecule has 0 radical (unpaired) electrons. The largest absolute Gasteiger partial charge is 0.390 e. The molecule has 0 aromatic heterocycles. The van der Waals surface area contributed by atoms with Gasteiger partial charge in [0.15, 0.2) is 0 Å². The van der Waals surface area contributed by atoms with E-state index in [1.165, 1.54) is 31.3 Å². The molecule has 0 heterocycles. The number of rotatable bonds is 5. The van der Waals surface area contributed by atoms with E-state index in [-0.39, 0.29) is 11.5 Å². The second kappa shape index (κ2) is 7.74. The van der Waals surface area contributed by atoms with Crippen LogP contribution in [0.15, 0.2) is 23.8 Å². The molecule has 30 heavy (non-hydrogen) atoms. The van der Waals surface area contributed by atoms with Crippen molar-refractivity contribution < 1.29 is 15.3 Å². The Kier molecular flexibility index (Phi) is 5.82. The zero-order valence-electron chi connectivity index (χ0n) is 19.8. The van der Waals surface area contributed by atoms with E-state index in [1.807, 2.05) is 0 Å². The molecule has 4 aliphatic rings. The van der Waals surface area contributed by atoms with Crippen molar-refractivity contribution in [2.45, 2.75) is 104 Å². The lowest BCUT2D eigenvalue weighted by atomic mass is 9.48. The second-order valence-electron chi connectivity index (χ2n) is 12.2. The van der Waals surface area contributed by atoms with Gasteiger partial charge in [-0.2, -0.15) is 0 Å². The highest BCUT2D eigenvalue weighted by molar-refractivity contribution is 5.36. The second-order valence-corrected chi connectivity index (χ2v) is 12.2. The Morgan fingerprint density at radius 2 is 1.80 bits per heavy atom. The minimum Gasteiger partial charge on any atom is -0.390 e. The van der Waals surface area contributed by atoms with Crippen LogP contribution in [0, 0.1) is 40.4 Å². The van der Waals surface area contributed by atoms with Crippen molar-refractivity contribution in [1.29, 1.82) is 0 Å². The molecule has 4 aliphatic carbocycles. The van der Waals surface area contributed by atoms with Crippen molar-refractivity contribution >= 4 is 0 Å². The van der Waals surface area contributed by atoms with Crippen molar-refractivity contribution in [3.05, 3.63) is 23.8 Å². The number of aliphatic hydroxyl groups is 3. The van der Waals surface area contributed by atoms with Gasteiger partial charge in [0.25, 0.3) is 0 Å². The molecular formula is C27H44O3. The van der Waals surface area contributed by atoms with E-state index in [1.54, 1.807) is 13.8 Å². The average molecular weight is 417 g/mol. The summed E-state index contributed by atoms with van der Waals surface area (Å²) in [6.45, 7) is 10.8. The fraction of sp³-hybridized carbons (Fsp3) is 0.852. The van der Waals surface area contributed by atoms with Gasteiger partial charge in [0.2, 0.25) is 0 Å². The van der Waals surface area contributed by atoms with E-state index in [9.17, 15) is 15.3 Å². The van der Waals surface area contributed by atoms with Crippen molar-refractivity contribution in [3.8, 4) is 0 Å². The first-order valence-corrected chi connectivity index (χ1v) is 12.5. The molecule has 2 fully saturated rings. The van der Waals surface area contributed by atoms with E-state index in [2.05, 4.69) is 39.0 Å². The number of fused-ring (bicyclic) bond motifs is 5. The molecule has 0 aliphatic heterocycles. The smallest absolute Gasteiger partial charge is 0.0849 e. The lowest BCUT2D eigenvalue weighted by Crippen LogP contribution is -2.49. The van der Waals surface area contributed by atoms with E-state index in [0.29, 0.717) is 35.5 Å². The summed E-state index contributed by atoms with van der Waals surface area (Å²) in [6, 6.07) is 0. The van der Waals surface area contributed by atoms with E-state index >= 15 is 0 Å². The molecule has 0 amide bonds. The van der Waals surface area contributed by atoms with Gasteiger partial charge in [-0.15, -0.1) is 0 Å². The maximum absolute atomic E-state index is 10.3. The summed E-state index contributed by atoms with van der Waals surface area (Å²) in [5, 5.41) is 30.5. The summed E-state index contributed by atoms with van der Waals surface area (Å²) >= 11 is 0. The van der Waals surface area contributed by atoms with Crippen LogP contribution in [0.5, 0.6) is 0 Å². The van der Waals surface area contributed by atoms with Gasteiger partial charge in [0, 0.05) is 0 Å². The Morgan fingerprint density at radius 3 is 2.50 bits per heavy atom. The summed E-state index contributed by atoms with van der Waals surface area (Å²) in [6.07, 6.45) is 15.0. The summed E-state index contributed by atoms with van der Waals surface area (Å²) in [4.78, 5) is 0. The summed E-state index contributed by atoms with van der Waals surface area (Å²) in [5.41, 5.74) is 0.993. The van der Waals surface area contributed by atoms with Gasteiger partial charge >= 0.3 is 0 Å².